The Morgan fingerprint density at radius 3 is 2.45 bits per heavy atom. The lowest BCUT2D eigenvalue weighted by atomic mass is 9.86. The second kappa shape index (κ2) is 7.37. The number of hydrogen-bond acceptors (Lipinski definition) is 4. The van der Waals surface area contributed by atoms with Gasteiger partial charge in [0.15, 0.2) is 6.10 Å². The first-order chi connectivity index (χ1) is 13.4. The van der Waals surface area contributed by atoms with Crippen LogP contribution in [0, 0.1) is 13.8 Å². The Labute approximate surface area is 172 Å². The molecule has 0 spiro atoms. The summed E-state index contributed by atoms with van der Waals surface area (Å²) in [6.45, 7) is 9.95. The molecule has 29 heavy (non-hydrogen) atoms. The SMILES string of the molecule is Cc1ccc(C)c(NC(=O)C2CN(S(C)(=O)=O)c3cc(C(C)(C)C)ccc3O2)c1. The zero-order chi connectivity index (χ0) is 21.6. The molecule has 0 saturated carbocycles. The number of fused-ring (bicyclic) bond motifs is 1. The van der Waals surface area contributed by atoms with Gasteiger partial charge in [0.05, 0.1) is 18.5 Å². The number of sulfonamides is 1. The Kier molecular flexibility index (Phi) is 5.38. The van der Waals surface area contributed by atoms with E-state index in [0.29, 0.717) is 17.1 Å². The molecule has 1 N–H and O–H groups in total. The van der Waals surface area contributed by atoms with Gasteiger partial charge in [0.25, 0.3) is 5.91 Å². The highest BCUT2D eigenvalue weighted by molar-refractivity contribution is 7.92. The van der Waals surface area contributed by atoms with Crippen molar-refractivity contribution in [2.24, 2.45) is 0 Å². The smallest absolute Gasteiger partial charge is 0.267 e. The summed E-state index contributed by atoms with van der Waals surface area (Å²) in [6, 6.07) is 11.3. The van der Waals surface area contributed by atoms with Gasteiger partial charge in [-0.25, -0.2) is 8.42 Å². The summed E-state index contributed by atoms with van der Waals surface area (Å²) in [5.74, 6) is 0.00804. The van der Waals surface area contributed by atoms with E-state index < -0.39 is 16.1 Å². The maximum atomic E-state index is 12.9. The van der Waals surface area contributed by atoms with E-state index in [2.05, 4.69) is 26.1 Å². The number of hydrogen-bond donors (Lipinski definition) is 1. The molecule has 2 aromatic carbocycles. The highest BCUT2D eigenvalue weighted by Gasteiger charge is 2.36. The van der Waals surface area contributed by atoms with Gasteiger partial charge in [-0.1, -0.05) is 39.0 Å². The van der Waals surface area contributed by atoms with Crippen molar-refractivity contribution in [2.45, 2.75) is 46.1 Å². The Hall–Kier alpha value is -2.54. The summed E-state index contributed by atoms with van der Waals surface area (Å²) in [5.41, 5.74) is 3.96. The lowest BCUT2D eigenvalue weighted by molar-refractivity contribution is -0.122. The van der Waals surface area contributed by atoms with Crippen molar-refractivity contribution in [3.63, 3.8) is 0 Å². The van der Waals surface area contributed by atoms with Crippen molar-refractivity contribution in [3.05, 3.63) is 53.1 Å². The average Bonchev–Trinajstić information content (AvgIpc) is 2.61. The number of carbonyl (C=O) groups is 1. The normalized spacial score (nSPS) is 16.8. The zero-order valence-electron chi connectivity index (χ0n) is 17.7. The first-order valence-electron chi connectivity index (χ1n) is 9.53. The molecule has 7 heteroatoms. The van der Waals surface area contributed by atoms with Gasteiger partial charge in [0.2, 0.25) is 10.0 Å². The first-order valence-corrected chi connectivity index (χ1v) is 11.4. The molecular formula is C22H28N2O4S. The second-order valence-corrected chi connectivity index (χ2v) is 10.5. The highest BCUT2D eigenvalue weighted by atomic mass is 32.2. The number of aryl methyl sites for hydroxylation is 2. The summed E-state index contributed by atoms with van der Waals surface area (Å²) < 4.78 is 32.1. The number of ether oxygens (including phenoxy) is 1. The minimum absolute atomic E-state index is 0.0733. The van der Waals surface area contributed by atoms with Gasteiger partial charge in [-0.3, -0.25) is 9.10 Å². The van der Waals surface area contributed by atoms with E-state index in [1.807, 2.05) is 44.2 Å². The van der Waals surface area contributed by atoms with Crippen molar-refractivity contribution < 1.29 is 17.9 Å². The molecule has 156 valence electrons. The standard InChI is InChI=1S/C22H28N2O4S/c1-14-7-8-15(2)17(11-14)23-21(25)20-13-24(29(6,26)27)18-12-16(22(3,4)5)9-10-19(18)28-20/h7-12,20H,13H2,1-6H3,(H,23,25). The van der Waals surface area contributed by atoms with Gasteiger partial charge in [0.1, 0.15) is 5.75 Å². The number of anilines is 2. The molecule has 6 nitrogen and oxygen atoms in total. The minimum Gasteiger partial charge on any atom is -0.476 e. The summed E-state index contributed by atoms with van der Waals surface area (Å²) in [7, 11) is -3.58. The van der Waals surface area contributed by atoms with E-state index >= 15 is 0 Å². The van der Waals surface area contributed by atoms with Crippen LogP contribution in [0.25, 0.3) is 0 Å². The molecule has 0 bridgehead atoms. The molecule has 0 radical (unpaired) electrons. The second-order valence-electron chi connectivity index (χ2n) is 8.64. The minimum atomic E-state index is -3.58. The van der Waals surface area contributed by atoms with Gasteiger partial charge in [0, 0.05) is 5.69 Å². The van der Waals surface area contributed by atoms with Crippen molar-refractivity contribution in [2.75, 3.05) is 22.4 Å². The topological polar surface area (TPSA) is 75.7 Å². The largest absolute Gasteiger partial charge is 0.476 e. The molecule has 1 heterocycles. The predicted octanol–water partition coefficient (Wildman–Crippen LogP) is 3.77. The number of amides is 1. The molecule has 2 aromatic rings. The van der Waals surface area contributed by atoms with Gasteiger partial charge in [-0.2, -0.15) is 0 Å². The molecule has 1 atom stereocenters. The van der Waals surface area contributed by atoms with Crippen LogP contribution < -0.4 is 14.4 Å². The van der Waals surface area contributed by atoms with Crippen LogP contribution in [-0.4, -0.2) is 33.2 Å². The maximum Gasteiger partial charge on any atom is 0.267 e. The number of benzene rings is 2. The zero-order valence-corrected chi connectivity index (χ0v) is 18.6. The maximum absolute atomic E-state index is 12.9. The van der Waals surface area contributed by atoms with Crippen LogP contribution in [0.2, 0.25) is 0 Å². The number of nitrogens with zero attached hydrogens (tertiary/aromatic N) is 1. The third kappa shape index (κ3) is 4.56. The van der Waals surface area contributed by atoms with E-state index in [9.17, 15) is 13.2 Å². The molecule has 0 aliphatic carbocycles. The molecule has 1 aliphatic heterocycles. The molecule has 1 amide bonds. The molecule has 1 aliphatic rings. The monoisotopic (exact) mass is 416 g/mol. The van der Waals surface area contributed by atoms with E-state index in [1.165, 1.54) is 4.31 Å². The Bertz CT molecular complexity index is 1050. The molecule has 1 unspecified atom stereocenters. The fraction of sp³-hybridized carbons (Fsp3) is 0.409. The quantitative estimate of drug-likeness (QED) is 0.826. The number of carbonyl (C=O) groups excluding carboxylic acids is 1. The molecule has 0 saturated heterocycles. The lowest BCUT2D eigenvalue weighted by Gasteiger charge is -2.35. The van der Waals surface area contributed by atoms with Crippen molar-refractivity contribution in [1.29, 1.82) is 0 Å². The van der Waals surface area contributed by atoms with Gasteiger partial charge in [-0.15, -0.1) is 0 Å². The van der Waals surface area contributed by atoms with Crippen molar-refractivity contribution >= 4 is 27.3 Å². The molecule has 3 rings (SSSR count). The van der Waals surface area contributed by atoms with Crippen LogP contribution in [0.3, 0.4) is 0 Å². The third-order valence-corrected chi connectivity index (χ3v) is 6.18. The van der Waals surface area contributed by atoms with E-state index in [1.54, 1.807) is 6.07 Å². The lowest BCUT2D eigenvalue weighted by Crippen LogP contribution is -2.48. The molecule has 0 fully saturated rings. The highest BCUT2D eigenvalue weighted by Crippen LogP contribution is 2.38. The van der Waals surface area contributed by atoms with Crippen LogP contribution >= 0.6 is 0 Å². The van der Waals surface area contributed by atoms with Crippen LogP contribution in [0.5, 0.6) is 5.75 Å². The van der Waals surface area contributed by atoms with Crippen molar-refractivity contribution in [3.8, 4) is 5.75 Å². The third-order valence-electron chi connectivity index (χ3n) is 5.04. The predicted molar refractivity (Wildman–Crippen MR) is 116 cm³/mol. The van der Waals surface area contributed by atoms with Gasteiger partial charge < -0.3 is 10.1 Å². The van der Waals surface area contributed by atoms with E-state index in [0.717, 1.165) is 22.9 Å². The van der Waals surface area contributed by atoms with Gasteiger partial charge in [-0.05, 0) is 54.2 Å². The van der Waals surface area contributed by atoms with Crippen LogP contribution in [-0.2, 0) is 20.2 Å². The summed E-state index contributed by atoms with van der Waals surface area (Å²) in [5, 5.41) is 2.87. The average molecular weight is 417 g/mol. The molecule has 0 aromatic heterocycles. The Morgan fingerprint density at radius 1 is 1.14 bits per heavy atom. The number of nitrogens with one attached hydrogen (secondary N) is 1. The first kappa shape index (κ1) is 21.2. The van der Waals surface area contributed by atoms with Gasteiger partial charge >= 0.3 is 0 Å². The fourth-order valence-electron chi connectivity index (χ4n) is 3.25. The van der Waals surface area contributed by atoms with Crippen LogP contribution in [0.15, 0.2) is 36.4 Å². The number of rotatable bonds is 3. The molecular weight excluding hydrogens is 388 g/mol. The summed E-state index contributed by atoms with van der Waals surface area (Å²) >= 11 is 0. The Balaban J connectivity index is 1.94. The summed E-state index contributed by atoms with van der Waals surface area (Å²) in [4.78, 5) is 12.9. The van der Waals surface area contributed by atoms with Crippen LogP contribution in [0.1, 0.15) is 37.5 Å². The fourth-order valence-corrected chi connectivity index (χ4v) is 4.16. The van der Waals surface area contributed by atoms with E-state index in [4.69, 9.17) is 4.74 Å². The Morgan fingerprint density at radius 2 is 1.83 bits per heavy atom. The summed E-state index contributed by atoms with van der Waals surface area (Å²) in [6.07, 6.45) is 0.198. The van der Waals surface area contributed by atoms with Crippen LogP contribution in [0.4, 0.5) is 11.4 Å². The van der Waals surface area contributed by atoms with E-state index in [-0.39, 0.29) is 17.9 Å². The van der Waals surface area contributed by atoms with Crippen molar-refractivity contribution in [1.82, 2.24) is 0 Å².